The van der Waals surface area contributed by atoms with Crippen LogP contribution in [-0.2, 0) is 0 Å². The van der Waals surface area contributed by atoms with E-state index in [0.29, 0.717) is 11.5 Å². The van der Waals surface area contributed by atoms with Crippen LogP contribution in [0.3, 0.4) is 0 Å². The molecule has 0 saturated heterocycles. The van der Waals surface area contributed by atoms with E-state index < -0.39 is 0 Å². The molecular weight excluding hydrogens is 260 g/mol. The second kappa shape index (κ2) is 4.31. The molecule has 0 spiro atoms. The van der Waals surface area contributed by atoms with Crippen LogP contribution in [0.15, 0.2) is 16.6 Å². The molecule has 0 atom stereocenters. The van der Waals surface area contributed by atoms with Crippen LogP contribution in [0.1, 0.15) is 19.3 Å². The van der Waals surface area contributed by atoms with Crippen molar-refractivity contribution >= 4 is 15.9 Å². The number of rotatable bonds is 3. The van der Waals surface area contributed by atoms with Crippen molar-refractivity contribution in [1.29, 1.82) is 0 Å². The molecule has 1 saturated carbocycles. The highest BCUT2D eigenvalue weighted by molar-refractivity contribution is 9.10. The third-order valence-corrected chi connectivity index (χ3v) is 3.01. The molecule has 82 valence electrons. The van der Waals surface area contributed by atoms with Crippen LogP contribution >= 0.6 is 15.9 Å². The Balaban J connectivity index is 2.26. The van der Waals surface area contributed by atoms with Crippen LogP contribution in [0.25, 0.3) is 0 Å². The molecule has 3 nitrogen and oxygen atoms in total. The zero-order valence-electron chi connectivity index (χ0n) is 8.50. The summed E-state index contributed by atoms with van der Waals surface area (Å²) < 4.78 is 11.6. The summed E-state index contributed by atoms with van der Waals surface area (Å²) in [6, 6.07) is 3.39. The lowest BCUT2D eigenvalue weighted by atomic mass is 9.96. The lowest BCUT2D eigenvalue weighted by molar-refractivity contribution is 0.112. The van der Waals surface area contributed by atoms with Crippen LogP contribution in [-0.4, -0.2) is 18.3 Å². The highest BCUT2D eigenvalue weighted by Gasteiger charge is 2.22. The van der Waals surface area contributed by atoms with Crippen molar-refractivity contribution in [2.45, 2.75) is 25.4 Å². The van der Waals surface area contributed by atoms with Crippen molar-refractivity contribution < 1.29 is 14.6 Å². The van der Waals surface area contributed by atoms with Crippen LogP contribution in [0.4, 0.5) is 0 Å². The van der Waals surface area contributed by atoms with Gasteiger partial charge in [0.15, 0.2) is 11.5 Å². The second-order valence-electron chi connectivity index (χ2n) is 3.63. The van der Waals surface area contributed by atoms with Crippen molar-refractivity contribution in [2.24, 2.45) is 0 Å². The zero-order chi connectivity index (χ0) is 10.8. The SMILES string of the molecule is COc1cc(Br)cc(O)c1OC1CCC1. The first-order valence-electron chi connectivity index (χ1n) is 4.94. The summed E-state index contributed by atoms with van der Waals surface area (Å²) in [5.74, 6) is 1.13. The van der Waals surface area contributed by atoms with E-state index in [4.69, 9.17) is 9.47 Å². The van der Waals surface area contributed by atoms with Crippen molar-refractivity contribution in [3.63, 3.8) is 0 Å². The first-order valence-corrected chi connectivity index (χ1v) is 5.73. The van der Waals surface area contributed by atoms with Gasteiger partial charge in [0.1, 0.15) is 0 Å². The summed E-state index contributed by atoms with van der Waals surface area (Å²) in [6.45, 7) is 0. The summed E-state index contributed by atoms with van der Waals surface area (Å²) in [5.41, 5.74) is 0. The lowest BCUT2D eigenvalue weighted by Gasteiger charge is -2.27. The van der Waals surface area contributed by atoms with Crippen molar-refractivity contribution in [2.75, 3.05) is 7.11 Å². The van der Waals surface area contributed by atoms with Crippen molar-refractivity contribution in [3.8, 4) is 17.2 Å². The van der Waals surface area contributed by atoms with E-state index in [0.717, 1.165) is 17.3 Å². The Bertz CT molecular complexity index is 361. The van der Waals surface area contributed by atoms with Gasteiger partial charge in [-0.2, -0.15) is 0 Å². The molecule has 1 aromatic rings. The number of hydrogen-bond acceptors (Lipinski definition) is 3. The predicted octanol–water partition coefficient (Wildman–Crippen LogP) is 3.09. The van der Waals surface area contributed by atoms with Gasteiger partial charge in [-0.25, -0.2) is 0 Å². The first-order chi connectivity index (χ1) is 7.20. The Morgan fingerprint density at radius 1 is 1.40 bits per heavy atom. The van der Waals surface area contributed by atoms with Gasteiger partial charge in [-0.1, -0.05) is 15.9 Å². The zero-order valence-corrected chi connectivity index (χ0v) is 10.1. The molecule has 2 rings (SSSR count). The molecule has 0 unspecified atom stereocenters. The Morgan fingerprint density at radius 2 is 2.13 bits per heavy atom. The van der Waals surface area contributed by atoms with E-state index in [1.165, 1.54) is 6.42 Å². The number of phenolic OH excluding ortho intramolecular Hbond substituents is 1. The molecule has 0 heterocycles. The largest absolute Gasteiger partial charge is 0.504 e. The van der Waals surface area contributed by atoms with Gasteiger partial charge in [-0.05, 0) is 31.4 Å². The van der Waals surface area contributed by atoms with Gasteiger partial charge in [0.2, 0.25) is 5.75 Å². The van der Waals surface area contributed by atoms with E-state index in [-0.39, 0.29) is 11.9 Å². The quantitative estimate of drug-likeness (QED) is 0.919. The topological polar surface area (TPSA) is 38.7 Å². The summed E-state index contributed by atoms with van der Waals surface area (Å²) in [6.07, 6.45) is 3.53. The number of phenols is 1. The molecule has 0 aliphatic heterocycles. The number of halogens is 1. The minimum absolute atomic E-state index is 0.119. The number of hydrogen-bond donors (Lipinski definition) is 1. The molecule has 1 aliphatic rings. The van der Waals surface area contributed by atoms with E-state index >= 15 is 0 Å². The normalized spacial score (nSPS) is 15.9. The Hall–Kier alpha value is -0.900. The smallest absolute Gasteiger partial charge is 0.203 e. The maximum Gasteiger partial charge on any atom is 0.203 e. The fraction of sp³-hybridized carbons (Fsp3) is 0.455. The third kappa shape index (κ3) is 2.20. The molecule has 0 bridgehead atoms. The van der Waals surface area contributed by atoms with Gasteiger partial charge >= 0.3 is 0 Å². The van der Waals surface area contributed by atoms with E-state index in [1.807, 2.05) is 0 Å². The molecule has 0 amide bonds. The molecule has 1 aliphatic carbocycles. The van der Waals surface area contributed by atoms with Gasteiger partial charge in [-0.3, -0.25) is 0 Å². The maximum atomic E-state index is 9.74. The maximum absolute atomic E-state index is 9.74. The molecular formula is C11H13BrO3. The van der Waals surface area contributed by atoms with E-state index in [2.05, 4.69) is 15.9 Å². The van der Waals surface area contributed by atoms with Crippen molar-refractivity contribution in [3.05, 3.63) is 16.6 Å². The molecule has 4 heteroatoms. The van der Waals surface area contributed by atoms with Crippen LogP contribution in [0, 0.1) is 0 Å². The summed E-state index contributed by atoms with van der Waals surface area (Å²) >= 11 is 3.29. The summed E-state index contributed by atoms with van der Waals surface area (Å²) in [7, 11) is 1.56. The Morgan fingerprint density at radius 3 is 2.67 bits per heavy atom. The van der Waals surface area contributed by atoms with Gasteiger partial charge in [-0.15, -0.1) is 0 Å². The average Bonchev–Trinajstić information content (AvgIpc) is 2.12. The van der Waals surface area contributed by atoms with E-state index in [9.17, 15) is 5.11 Å². The highest BCUT2D eigenvalue weighted by atomic mass is 79.9. The molecule has 1 N–H and O–H groups in total. The number of methoxy groups -OCH3 is 1. The molecule has 0 aromatic heterocycles. The summed E-state index contributed by atoms with van der Waals surface area (Å²) in [4.78, 5) is 0. The van der Waals surface area contributed by atoms with Crippen LogP contribution < -0.4 is 9.47 Å². The fourth-order valence-corrected chi connectivity index (χ4v) is 1.90. The Labute approximate surface area is 97.1 Å². The molecule has 1 aromatic carbocycles. The molecule has 1 fully saturated rings. The fourth-order valence-electron chi connectivity index (χ4n) is 1.48. The minimum Gasteiger partial charge on any atom is -0.504 e. The van der Waals surface area contributed by atoms with Crippen LogP contribution in [0.2, 0.25) is 0 Å². The molecule has 0 radical (unpaired) electrons. The molecule has 15 heavy (non-hydrogen) atoms. The number of benzene rings is 1. The third-order valence-electron chi connectivity index (χ3n) is 2.56. The first kappa shape index (κ1) is 10.6. The van der Waals surface area contributed by atoms with Gasteiger partial charge in [0.25, 0.3) is 0 Å². The van der Waals surface area contributed by atoms with Gasteiger partial charge < -0.3 is 14.6 Å². The predicted molar refractivity (Wildman–Crippen MR) is 60.6 cm³/mol. The van der Waals surface area contributed by atoms with Gasteiger partial charge in [0, 0.05) is 4.47 Å². The van der Waals surface area contributed by atoms with E-state index in [1.54, 1.807) is 19.2 Å². The number of ether oxygens (including phenoxy) is 2. The average molecular weight is 273 g/mol. The number of aromatic hydroxyl groups is 1. The minimum atomic E-state index is 0.119. The van der Waals surface area contributed by atoms with Gasteiger partial charge in [0.05, 0.1) is 13.2 Å². The second-order valence-corrected chi connectivity index (χ2v) is 4.54. The summed E-state index contributed by atoms with van der Waals surface area (Å²) in [5, 5.41) is 9.74. The van der Waals surface area contributed by atoms with Crippen LogP contribution in [0.5, 0.6) is 17.2 Å². The van der Waals surface area contributed by atoms with Crippen molar-refractivity contribution in [1.82, 2.24) is 0 Å². The standard InChI is InChI=1S/C11H13BrO3/c1-14-10-6-7(12)5-9(13)11(10)15-8-3-2-4-8/h5-6,8,13H,2-4H2,1H3. The lowest BCUT2D eigenvalue weighted by Crippen LogP contribution is -2.24. The Kier molecular flexibility index (Phi) is 3.05. The highest BCUT2D eigenvalue weighted by Crippen LogP contribution is 2.41. The monoisotopic (exact) mass is 272 g/mol.